The Bertz CT molecular complexity index is 664. The summed E-state index contributed by atoms with van der Waals surface area (Å²) in [7, 11) is 0. The van der Waals surface area contributed by atoms with Gasteiger partial charge in [-0.05, 0) is 23.9 Å². The van der Waals surface area contributed by atoms with Gasteiger partial charge < -0.3 is 0 Å². The van der Waals surface area contributed by atoms with Gasteiger partial charge in [-0.25, -0.2) is 0 Å². The number of nitrogens with zero attached hydrogens (tertiary/aromatic N) is 2. The molecule has 0 aromatic carbocycles. The van der Waals surface area contributed by atoms with Crippen molar-refractivity contribution < 1.29 is 0 Å². The molecule has 0 bridgehead atoms. The largest absolute Gasteiger partial charge is 0.284 e. The Labute approximate surface area is 100 Å². The molecular formula is C11H10N2OS2. The number of aromatic nitrogens is 1. The summed E-state index contributed by atoms with van der Waals surface area (Å²) in [5, 5.41) is 2.02. The number of rotatable bonds is 1. The molecule has 0 N–H and O–H groups in total. The monoisotopic (exact) mass is 250 g/mol. The number of fused-ring (bicyclic) bond motifs is 1. The van der Waals surface area contributed by atoms with E-state index in [1.807, 2.05) is 23.6 Å². The first kappa shape index (κ1) is 9.99. The Morgan fingerprint density at radius 1 is 1.50 bits per heavy atom. The van der Waals surface area contributed by atoms with Gasteiger partial charge in [0.05, 0.1) is 4.53 Å². The van der Waals surface area contributed by atoms with Crippen molar-refractivity contribution in [3.63, 3.8) is 0 Å². The van der Waals surface area contributed by atoms with Crippen molar-refractivity contribution in [2.24, 2.45) is 4.99 Å². The standard InChI is InChI=1S/C11H10N2OS2/c14-10-9(7-8-3-1-6-15-8)16-11-12-4-2-5-13(10)11/h1,3,6-7H,2,4-5H2/b9-7+. The molecule has 0 radical (unpaired) electrons. The van der Waals surface area contributed by atoms with E-state index in [2.05, 4.69) is 4.99 Å². The Hall–Kier alpha value is -1.20. The van der Waals surface area contributed by atoms with E-state index in [0.29, 0.717) is 0 Å². The molecule has 82 valence electrons. The van der Waals surface area contributed by atoms with E-state index in [1.54, 1.807) is 15.9 Å². The van der Waals surface area contributed by atoms with Crippen molar-refractivity contribution in [2.45, 2.75) is 13.0 Å². The second kappa shape index (κ2) is 3.99. The minimum absolute atomic E-state index is 0.108. The third kappa shape index (κ3) is 1.66. The van der Waals surface area contributed by atoms with Crippen LogP contribution in [0.4, 0.5) is 0 Å². The molecule has 2 aromatic heterocycles. The molecule has 0 aliphatic carbocycles. The number of hydrogen-bond donors (Lipinski definition) is 0. The van der Waals surface area contributed by atoms with E-state index in [0.717, 1.165) is 33.7 Å². The van der Waals surface area contributed by atoms with Crippen LogP contribution < -0.4 is 14.9 Å². The summed E-state index contributed by atoms with van der Waals surface area (Å²) in [6.07, 6.45) is 2.93. The van der Waals surface area contributed by atoms with Crippen LogP contribution in [0.5, 0.6) is 0 Å². The predicted molar refractivity (Wildman–Crippen MR) is 66.7 cm³/mol. The summed E-state index contributed by atoms with van der Waals surface area (Å²) >= 11 is 3.14. The first-order valence-electron chi connectivity index (χ1n) is 5.14. The van der Waals surface area contributed by atoms with Crippen LogP contribution in [0.2, 0.25) is 0 Å². The van der Waals surface area contributed by atoms with Crippen LogP contribution in [0.25, 0.3) is 6.08 Å². The molecule has 0 atom stereocenters. The maximum Gasteiger partial charge on any atom is 0.270 e. The third-order valence-electron chi connectivity index (χ3n) is 2.49. The van der Waals surface area contributed by atoms with Gasteiger partial charge in [-0.1, -0.05) is 17.4 Å². The van der Waals surface area contributed by atoms with Crippen molar-refractivity contribution in [2.75, 3.05) is 6.54 Å². The molecule has 0 unspecified atom stereocenters. The molecule has 2 aromatic rings. The summed E-state index contributed by atoms with van der Waals surface area (Å²) in [5.74, 6) is 0. The van der Waals surface area contributed by atoms with Crippen LogP contribution in [0.1, 0.15) is 11.3 Å². The van der Waals surface area contributed by atoms with Gasteiger partial charge in [0, 0.05) is 18.0 Å². The smallest absolute Gasteiger partial charge is 0.270 e. The van der Waals surface area contributed by atoms with Crippen molar-refractivity contribution in [1.29, 1.82) is 0 Å². The Balaban J connectivity index is 2.24. The van der Waals surface area contributed by atoms with Crippen LogP contribution in [0.15, 0.2) is 27.3 Å². The fourth-order valence-electron chi connectivity index (χ4n) is 1.73. The molecule has 3 nitrogen and oxygen atoms in total. The Morgan fingerprint density at radius 3 is 3.19 bits per heavy atom. The van der Waals surface area contributed by atoms with Gasteiger partial charge in [0.1, 0.15) is 0 Å². The Kier molecular flexibility index (Phi) is 2.49. The lowest BCUT2D eigenvalue weighted by atomic mass is 10.4. The van der Waals surface area contributed by atoms with Crippen LogP contribution in [-0.4, -0.2) is 11.1 Å². The van der Waals surface area contributed by atoms with Crippen LogP contribution in [0.3, 0.4) is 0 Å². The average molecular weight is 250 g/mol. The first-order chi connectivity index (χ1) is 7.84. The second-order valence-corrected chi connectivity index (χ2v) is 5.59. The van der Waals surface area contributed by atoms with Crippen LogP contribution in [-0.2, 0) is 6.54 Å². The molecule has 16 heavy (non-hydrogen) atoms. The van der Waals surface area contributed by atoms with Gasteiger partial charge in [-0.15, -0.1) is 11.3 Å². The molecular weight excluding hydrogens is 240 g/mol. The zero-order valence-corrected chi connectivity index (χ0v) is 10.2. The molecule has 3 rings (SSSR count). The average Bonchev–Trinajstić information content (AvgIpc) is 2.90. The van der Waals surface area contributed by atoms with Gasteiger partial charge in [-0.2, -0.15) is 0 Å². The lowest BCUT2D eigenvalue weighted by Gasteiger charge is -2.03. The molecule has 0 fully saturated rings. The van der Waals surface area contributed by atoms with Gasteiger partial charge in [-0.3, -0.25) is 14.4 Å². The summed E-state index contributed by atoms with van der Waals surface area (Å²) < 4.78 is 2.58. The van der Waals surface area contributed by atoms with E-state index in [1.165, 1.54) is 11.3 Å². The summed E-state index contributed by atoms with van der Waals surface area (Å²) in [6.45, 7) is 1.66. The minimum Gasteiger partial charge on any atom is -0.284 e. The second-order valence-electron chi connectivity index (χ2n) is 3.60. The fraction of sp³-hybridized carbons (Fsp3) is 0.273. The number of thiophene rings is 1. The SMILES string of the molecule is O=c1/c(=C\c2cccs2)sc2n1CCCN=2. The maximum atomic E-state index is 12.0. The molecule has 1 aliphatic rings. The molecule has 0 saturated carbocycles. The summed E-state index contributed by atoms with van der Waals surface area (Å²) in [6, 6.07) is 4.01. The van der Waals surface area contributed by atoms with Crippen molar-refractivity contribution in [1.82, 2.24) is 4.57 Å². The lowest BCUT2D eigenvalue weighted by molar-refractivity contribution is 0.573. The topological polar surface area (TPSA) is 34.4 Å². The first-order valence-corrected chi connectivity index (χ1v) is 6.83. The number of thiazole rings is 1. The predicted octanol–water partition coefficient (Wildman–Crippen LogP) is 0.823. The highest BCUT2D eigenvalue weighted by Gasteiger charge is 2.08. The van der Waals surface area contributed by atoms with Crippen LogP contribution >= 0.6 is 22.7 Å². The fourth-order valence-corrected chi connectivity index (χ4v) is 3.48. The molecule has 0 amide bonds. The van der Waals surface area contributed by atoms with E-state index in [4.69, 9.17) is 0 Å². The van der Waals surface area contributed by atoms with E-state index < -0.39 is 0 Å². The molecule has 1 aliphatic heterocycles. The lowest BCUT2D eigenvalue weighted by Crippen LogP contribution is -2.33. The summed E-state index contributed by atoms with van der Waals surface area (Å²) in [4.78, 5) is 18.4. The van der Waals surface area contributed by atoms with E-state index >= 15 is 0 Å². The van der Waals surface area contributed by atoms with Crippen LogP contribution in [0, 0.1) is 0 Å². The van der Waals surface area contributed by atoms with E-state index in [9.17, 15) is 4.79 Å². The third-order valence-corrected chi connectivity index (χ3v) is 4.36. The highest BCUT2D eigenvalue weighted by molar-refractivity contribution is 7.11. The van der Waals surface area contributed by atoms with E-state index in [-0.39, 0.29) is 5.56 Å². The zero-order valence-electron chi connectivity index (χ0n) is 8.55. The van der Waals surface area contributed by atoms with Crippen molar-refractivity contribution in [3.05, 3.63) is 42.1 Å². The van der Waals surface area contributed by atoms with Crippen molar-refractivity contribution in [3.8, 4) is 0 Å². The zero-order chi connectivity index (χ0) is 11.0. The molecule has 3 heterocycles. The number of hydrogen-bond acceptors (Lipinski definition) is 4. The normalized spacial score (nSPS) is 15.9. The van der Waals surface area contributed by atoms with Gasteiger partial charge >= 0.3 is 0 Å². The van der Waals surface area contributed by atoms with Gasteiger partial charge in [0.25, 0.3) is 5.56 Å². The summed E-state index contributed by atoms with van der Waals surface area (Å²) in [5.41, 5.74) is 0.108. The molecule has 0 saturated heterocycles. The maximum absolute atomic E-state index is 12.0. The Morgan fingerprint density at radius 2 is 2.44 bits per heavy atom. The molecule has 5 heteroatoms. The van der Waals surface area contributed by atoms with Gasteiger partial charge in [0.2, 0.25) is 0 Å². The molecule has 0 spiro atoms. The highest BCUT2D eigenvalue weighted by Crippen LogP contribution is 2.08. The quantitative estimate of drug-likeness (QED) is 0.738. The minimum atomic E-state index is 0.108. The van der Waals surface area contributed by atoms with Gasteiger partial charge in [0.15, 0.2) is 4.80 Å². The van der Waals surface area contributed by atoms with Crippen molar-refractivity contribution >= 4 is 28.7 Å². The highest BCUT2D eigenvalue weighted by atomic mass is 32.1.